The second kappa shape index (κ2) is 6.43. The zero-order valence-corrected chi connectivity index (χ0v) is 16.1. The van der Waals surface area contributed by atoms with Gasteiger partial charge in [0, 0.05) is 31.6 Å². The molecule has 3 aliphatic rings. The second-order valence-electron chi connectivity index (χ2n) is 8.13. The minimum Gasteiger partial charge on any atom is -0.364 e. The largest absolute Gasteiger partial charge is 0.364 e. The SMILES string of the molecule is Cc1nocc1C(=O)N1CCN2C(=O)c3ncccc3CC12C1CCCCC1. The Morgan fingerprint density at radius 3 is 2.82 bits per heavy atom. The first-order valence-corrected chi connectivity index (χ1v) is 10.1. The third-order valence-corrected chi connectivity index (χ3v) is 6.76. The zero-order chi connectivity index (χ0) is 19.3. The molecule has 5 rings (SSSR count). The van der Waals surface area contributed by atoms with E-state index >= 15 is 0 Å². The molecule has 2 fully saturated rings. The maximum atomic E-state index is 13.5. The van der Waals surface area contributed by atoms with Gasteiger partial charge in [0.25, 0.3) is 11.8 Å². The highest BCUT2D eigenvalue weighted by molar-refractivity contribution is 5.99. The Morgan fingerprint density at radius 2 is 2.07 bits per heavy atom. The molecule has 1 atom stereocenters. The van der Waals surface area contributed by atoms with Gasteiger partial charge in [0.05, 0.1) is 5.69 Å². The number of carbonyl (C=O) groups excluding carboxylic acids is 2. The van der Waals surface area contributed by atoms with Gasteiger partial charge in [-0.2, -0.15) is 0 Å². The Kier molecular flexibility index (Phi) is 4.00. The number of pyridine rings is 1. The lowest BCUT2D eigenvalue weighted by atomic mass is 9.73. The van der Waals surface area contributed by atoms with Crippen molar-refractivity contribution >= 4 is 11.8 Å². The Balaban J connectivity index is 1.64. The fourth-order valence-corrected chi connectivity index (χ4v) is 5.45. The number of rotatable bonds is 2. The summed E-state index contributed by atoms with van der Waals surface area (Å²) in [5.41, 5.74) is 1.93. The predicted octanol–water partition coefficient (Wildman–Crippen LogP) is 2.81. The lowest BCUT2D eigenvalue weighted by Crippen LogP contribution is -2.65. The van der Waals surface area contributed by atoms with E-state index in [9.17, 15) is 9.59 Å². The molecule has 1 unspecified atom stereocenters. The van der Waals surface area contributed by atoms with Crippen LogP contribution in [0.3, 0.4) is 0 Å². The molecule has 146 valence electrons. The van der Waals surface area contributed by atoms with E-state index in [2.05, 4.69) is 10.1 Å². The van der Waals surface area contributed by atoms with Crippen LogP contribution in [0.4, 0.5) is 0 Å². The Hall–Kier alpha value is -2.70. The molecular formula is C21H24N4O3. The summed E-state index contributed by atoms with van der Waals surface area (Å²) < 4.78 is 5.03. The first kappa shape index (κ1) is 17.4. The van der Waals surface area contributed by atoms with E-state index in [0.717, 1.165) is 31.2 Å². The minimum absolute atomic E-state index is 0.0511. The summed E-state index contributed by atoms with van der Waals surface area (Å²) in [5.74, 6) is 0.127. The lowest BCUT2D eigenvalue weighted by molar-refractivity contribution is -0.0336. The molecule has 0 N–H and O–H groups in total. The average molecular weight is 380 g/mol. The quantitative estimate of drug-likeness (QED) is 0.800. The molecule has 1 saturated carbocycles. The molecule has 7 nitrogen and oxygen atoms in total. The first-order chi connectivity index (χ1) is 13.6. The molecule has 4 heterocycles. The third kappa shape index (κ3) is 2.34. The second-order valence-corrected chi connectivity index (χ2v) is 8.13. The molecule has 1 saturated heterocycles. The van der Waals surface area contributed by atoms with Gasteiger partial charge in [-0.15, -0.1) is 0 Å². The Labute approximate surface area is 163 Å². The summed E-state index contributed by atoms with van der Waals surface area (Å²) in [5, 5.41) is 3.89. The van der Waals surface area contributed by atoms with Crippen LogP contribution in [0.1, 0.15) is 64.2 Å². The smallest absolute Gasteiger partial charge is 0.274 e. The molecule has 2 aromatic heterocycles. The summed E-state index contributed by atoms with van der Waals surface area (Å²) >= 11 is 0. The van der Waals surface area contributed by atoms with Gasteiger partial charge in [-0.25, -0.2) is 0 Å². The van der Waals surface area contributed by atoms with E-state index in [1.54, 1.807) is 13.1 Å². The lowest BCUT2D eigenvalue weighted by Gasteiger charge is -2.52. The summed E-state index contributed by atoms with van der Waals surface area (Å²) in [6.07, 6.45) is 9.31. The molecule has 2 amide bonds. The topological polar surface area (TPSA) is 79.5 Å². The molecule has 0 spiro atoms. The Bertz CT molecular complexity index is 933. The number of amides is 2. The molecule has 0 aromatic carbocycles. The van der Waals surface area contributed by atoms with E-state index in [1.807, 2.05) is 21.9 Å². The van der Waals surface area contributed by atoms with Gasteiger partial charge in [0.15, 0.2) is 0 Å². The number of aryl methyl sites for hydroxylation is 1. The van der Waals surface area contributed by atoms with E-state index in [-0.39, 0.29) is 17.7 Å². The summed E-state index contributed by atoms with van der Waals surface area (Å²) in [4.78, 5) is 35.1. The monoisotopic (exact) mass is 380 g/mol. The zero-order valence-electron chi connectivity index (χ0n) is 16.1. The van der Waals surface area contributed by atoms with E-state index in [0.29, 0.717) is 36.5 Å². The van der Waals surface area contributed by atoms with Crippen molar-refractivity contribution in [1.29, 1.82) is 0 Å². The maximum Gasteiger partial charge on any atom is 0.274 e. The molecular weight excluding hydrogens is 356 g/mol. The van der Waals surface area contributed by atoms with E-state index in [1.165, 1.54) is 12.7 Å². The number of fused-ring (bicyclic) bond motifs is 2. The summed E-state index contributed by atoms with van der Waals surface area (Å²) in [7, 11) is 0. The number of hydrogen-bond donors (Lipinski definition) is 0. The van der Waals surface area contributed by atoms with Crippen molar-refractivity contribution in [2.75, 3.05) is 13.1 Å². The van der Waals surface area contributed by atoms with Crippen molar-refractivity contribution in [1.82, 2.24) is 19.9 Å². The highest BCUT2D eigenvalue weighted by Gasteiger charge is 2.58. The molecule has 2 aliphatic heterocycles. The minimum atomic E-state index is -0.617. The number of nitrogens with zero attached hydrogens (tertiary/aromatic N) is 4. The molecule has 0 bridgehead atoms. The fraction of sp³-hybridized carbons (Fsp3) is 0.524. The van der Waals surface area contributed by atoms with Gasteiger partial charge in [-0.3, -0.25) is 14.6 Å². The van der Waals surface area contributed by atoms with Gasteiger partial charge in [-0.05, 0) is 31.4 Å². The number of hydrogen-bond acceptors (Lipinski definition) is 5. The molecule has 1 aliphatic carbocycles. The van der Waals surface area contributed by atoms with Crippen LogP contribution >= 0.6 is 0 Å². The highest BCUT2D eigenvalue weighted by Crippen LogP contribution is 2.47. The van der Waals surface area contributed by atoms with Crippen molar-refractivity contribution in [3.63, 3.8) is 0 Å². The van der Waals surface area contributed by atoms with Crippen molar-refractivity contribution in [3.8, 4) is 0 Å². The average Bonchev–Trinajstić information content (AvgIpc) is 3.33. The van der Waals surface area contributed by atoms with Gasteiger partial charge in [0.2, 0.25) is 0 Å². The fourth-order valence-electron chi connectivity index (χ4n) is 5.45. The van der Waals surface area contributed by atoms with Crippen molar-refractivity contribution in [2.24, 2.45) is 5.92 Å². The summed E-state index contributed by atoms with van der Waals surface area (Å²) in [6.45, 7) is 2.85. The van der Waals surface area contributed by atoms with Crippen LogP contribution < -0.4 is 0 Å². The first-order valence-electron chi connectivity index (χ1n) is 10.1. The van der Waals surface area contributed by atoms with Crippen molar-refractivity contribution < 1.29 is 14.1 Å². The van der Waals surface area contributed by atoms with Crippen LogP contribution in [-0.2, 0) is 6.42 Å². The molecule has 28 heavy (non-hydrogen) atoms. The van der Waals surface area contributed by atoms with Gasteiger partial charge in [-0.1, -0.05) is 30.5 Å². The predicted molar refractivity (Wildman–Crippen MR) is 101 cm³/mol. The van der Waals surface area contributed by atoms with Crippen molar-refractivity contribution in [3.05, 3.63) is 47.1 Å². The van der Waals surface area contributed by atoms with Gasteiger partial charge >= 0.3 is 0 Å². The normalized spacial score (nSPS) is 25.0. The molecule has 7 heteroatoms. The van der Waals surface area contributed by atoms with Crippen LogP contribution in [0.2, 0.25) is 0 Å². The maximum absolute atomic E-state index is 13.5. The van der Waals surface area contributed by atoms with Crippen LogP contribution in [0.5, 0.6) is 0 Å². The van der Waals surface area contributed by atoms with Crippen LogP contribution in [0, 0.1) is 12.8 Å². The number of aromatic nitrogens is 2. The Morgan fingerprint density at radius 1 is 1.25 bits per heavy atom. The van der Waals surface area contributed by atoms with Crippen molar-refractivity contribution in [2.45, 2.75) is 51.1 Å². The molecule has 2 aromatic rings. The third-order valence-electron chi connectivity index (χ3n) is 6.76. The standard InChI is InChI=1S/C21H24N4O3/c1-14-17(13-28-23-14)19(26)24-10-11-25-20(27)18-15(6-5-9-22-18)12-21(24,25)16-7-3-2-4-8-16/h5-6,9,13,16H,2-4,7-8,10-12H2,1H3. The van der Waals surface area contributed by atoms with E-state index in [4.69, 9.17) is 4.52 Å². The molecule has 0 radical (unpaired) electrons. The van der Waals surface area contributed by atoms with Gasteiger partial charge < -0.3 is 14.3 Å². The van der Waals surface area contributed by atoms with E-state index < -0.39 is 5.66 Å². The van der Waals surface area contributed by atoms with Gasteiger partial charge in [0.1, 0.15) is 23.2 Å². The van der Waals surface area contributed by atoms with Crippen LogP contribution in [0.25, 0.3) is 0 Å². The number of carbonyl (C=O) groups is 2. The van der Waals surface area contributed by atoms with Crippen LogP contribution in [-0.4, -0.2) is 50.5 Å². The highest BCUT2D eigenvalue weighted by atomic mass is 16.5. The van der Waals surface area contributed by atoms with Crippen LogP contribution in [0.15, 0.2) is 29.1 Å². The summed E-state index contributed by atoms with van der Waals surface area (Å²) in [6, 6.07) is 3.86.